The Morgan fingerprint density at radius 2 is 1.21 bits per heavy atom. The second-order valence-electron chi connectivity index (χ2n) is 12.2. The monoisotopic (exact) mass is 679 g/mol. The van der Waals surface area contributed by atoms with Gasteiger partial charge in [-0.25, -0.2) is 0 Å². The molecule has 1 aromatic rings. The van der Waals surface area contributed by atoms with Crippen LogP contribution in [0.5, 0.6) is 5.75 Å². The Balaban J connectivity index is 2.12. The molecule has 0 saturated carbocycles. The van der Waals surface area contributed by atoms with Gasteiger partial charge in [-0.3, -0.25) is 29.3 Å². The highest BCUT2D eigenvalue weighted by Gasteiger charge is 2.53. The topological polar surface area (TPSA) is 167 Å². The number of rotatable bonds is 22. The van der Waals surface area contributed by atoms with Crippen molar-refractivity contribution >= 4 is 29.6 Å². The van der Waals surface area contributed by atoms with E-state index in [-0.39, 0.29) is 11.4 Å². The minimum absolute atomic E-state index is 0.0529. The van der Waals surface area contributed by atoms with Crippen molar-refractivity contribution in [2.75, 3.05) is 6.61 Å². The third kappa shape index (κ3) is 15.0. The number of benzene rings is 1. The van der Waals surface area contributed by atoms with E-state index in [0.717, 1.165) is 46.5 Å². The molecule has 270 valence electrons. The summed E-state index contributed by atoms with van der Waals surface area (Å²) in [5.41, 5.74) is 0.411. The van der Waals surface area contributed by atoms with E-state index in [2.05, 4.69) is 6.92 Å². The fourth-order valence-electron chi connectivity index (χ4n) is 5.76. The van der Waals surface area contributed by atoms with Crippen molar-refractivity contribution in [2.24, 2.45) is 0 Å². The van der Waals surface area contributed by atoms with Crippen LogP contribution in [0.15, 0.2) is 18.2 Å². The summed E-state index contributed by atoms with van der Waals surface area (Å²) >= 11 is 0. The molecule has 0 aliphatic carbocycles. The fraction of sp³-hybridized carbons (Fsp3) is 0.714. The lowest BCUT2D eigenvalue weighted by molar-refractivity contribution is -0.385. The molecule has 13 nitrogen and oxygen atoms in total. The van der Waals surface area contributed by atoms with Gasteiger partial charge in [-0.1, -0.05) is 84.0 Å². The summed E-state index contributed by atoms with van der Waals surface area (Å²) in [6, 6.07) is 4.25. The van der Waals surface area contributed by atoms with Crippen LogP contribution in [-0.4, -0.2) is 66.1 Å². The van der Waals surface area contributed by atoms with E-state index in [1.807, 2.05) is 0 Å². The van der Waals surface area contributed by atoms with Crippen LogP contribution in [0.1, 0.15) is 124 Å². The van der Waals surface area contributed by atoms with Crippen LogP contribution in [0.3, 0.4) is 0 Å². The largest absolute Gasteiger partial charge is 0.463 e. The lowest BCUT2D eigenvalue weighted by Crippen LogP contribution is -2.63. The summed E-state index contributed by atoms with van der Waals surface area (Å²) in [4.78, 5) is 59.1. The first kappa shape index (κ1) is 40.4. The van der Waals surface area contributed by atoms with Crippen LogP contribution >= 0.6 is 0 Å². The van der Waals surface area contributed by atoms with Gasteiger partial charge in [0.15, 0.2) is 12.2 Å². The molecule has 0 radical (unpaired) electrons. The molecular formula is C35H53NO12. The zero-order chi connectivity index (χ0) is 35.5. The normalized spacial score (nSPS) is 20.4. The fourth-order valence-corrected chi connectivity index (χ4v) is 5.76. The molecule has 0 unspecified atom stereocenters. The van der Waals surface area contributed by atoms with E-state index in [9.17, 15) is 29.3 Å². The molecule has 0 aromatic heterocycles. The SMILES string of the molecule is CCCCCCCCCCCCCCCc1cc(O[C@H]2O[C@@H](COC(C)=O)[C@@H](OC(C)=O)[C@@H](OC(C)=O)[C@@H]2OC(C)=O)ccc1[N+](=O)[O-]. The highest BCUT2D eigenvalue weighted by Crippen LogP contribution is 2.33. The number of esters is 4. The van der Waals surface area contributed by atoms with Gasteiger partial charge in [-0.2, -0.15) is 0 Å². The predicted molar refractivity (Wildman–Crippen MR) is 175 cm³/mol. The van der Waals surface area contributed by atoms with Crippen molar-refractivity contribution in [1.82, 2.24) is 0 Å². The lowest BCUT2D eigenvalue weighted by atomic mass is 9.98. The van der Waals surface area contributed by atoms with E-state index in [0.29, 0.717) is 12.0 Å². The molecule has 2 rings (SSSR count). The van der Waals surface area contributed by atoms with Crippen molar-refractivity contribution in [3.8, 4) is 5.75 Å². The summed E-state index contributed by atoms with van der Waals surface area (Å²) in [7, 11) is 0. The van der Waals surface area contributed by atoms with Gasteiger partial charge in [0, 0.05) is 39.3 Å². The molecule has 1 aliphatic heterocycles. The first-order valence-corrected chi connectivity index (χ1v) is 17.2. The van der Waals surface area contributed by atoms with Crippen molar-refractivity contribution in [3.05, 3.63) is 33.9 Å². The molecule has 13 heteroatoms. The van der Waals surface area contributed by atoms with Gasteiger partial charge < -0.3 is 28.4 Å². The van der Waals surface area contributed by atoms with E-state index < -0.39 is 66.1 Å². The maximum absolute atomic E-state index is 12.1. The second-order valence-corrected chi connectivity index (χ2v) is 12.2. The average Bonchev–Trinajstić information content (AvgIpc) is 3.00. The standard InChI is InChI=1S/C35H53NO12/c1-6-7-8-9-10-11-12-13-14-15-16-17-18-19-28-22-29(20-21-30(28)36(41)42)47-35-34(46-27(5)40)33(45-26(4)39)32(44-25(3)38)31(48-35)23-43-24(2)37/h20-22,31-35H,6-19,23H2,1-5H3/t31-,32+,33+,34-,35-/m0/s1. The molecular weight excluding hydrogens is 626 g/mol. The number of hydrogen-bond acceptors (Lipinski definition) is 12. The van der Waals surface area contributed by atoms with Gasteiger partial charge in [0.25, 0.3) is 5.69 Å². The Kier molecular flexibility index (Phi) is 18.5. The molecule has 48 heavy (non-hydrogen) atoms. The molecule has 1 saturated heterocycles. The lowest BCUT2D eigenvalue weighted by Gasteiger charge is -2.43. The molecule has 0 N–H and O–H groups in total. The Bertz CT molecular complexity index is 1190. The average molecular weight is 680 g/mol. The highest BCUT2D eigenvalue weighted by molar-refractivity contribution is 5.68. The number of aryl methyl sites for hydroxylation is 1. The molecule has 0 amide bonds. The zero-order valence-electron chi connectivity index (χ0n) is 29.1. The minimum Gasteiger partial charge on any atom is -0.463 e. The Morgan fingerprint density at radius 1 is 0.708 bits per heavy atom. The molecule has 1 fully saturated rings. The summed E-state index contributed by atoms with van der Waals surface area (Å²) in [5, 5.41) is 11.8. The van der Waals surface area contributed by atoms with E-state index in [1.54, 1.807) is 0 Å². The van der Waals surface area contributed by atoms with Gasteiger partial charge in [0.05, 0.1) is 4.92 Å². The van der Waals surface area contributed by atoms with E-state index >= 15 is 0 Å². The molecule has 5 atom stereocenters. The van der Waals surface area contributed by atoms with Crippen molar-refractivity contribution < 1.29 is 52.5 Å². The number of nitro benzene ring substituents is 1. The Labute approximate surface area is 283 Å². The Morgan fingerprint density at radius 3 is 1.71 bits per heavy atom. The summed E-state index contributed by atoms with van der Waals surface area (Å²) in [6.45, 7) is 6.39. The summed E-state index contributed by atoms with van der Waals surface area (Å²) < 4.78 is 33.4. The first-order chi connectivity index (χ1) is 22.9. The maximum atomic E-state index is 12.1. The number of carbonyl (C=O) groups excluding carboxylic acids is 4. The number of nitrogens with zero attached hydrogens (tertiary/aromatic N) is 1. The maximum Gasteiger partial charge on any atom is 0.303 e. The van der Waals surface area contributed by atoms with Crippen LogP contribution in [0.4, 0.5) is 5.69 Å². The molecule has 0 bridgehead atoms. The van der Waals surface area contributed by atoms with Crippen molar-refractivity contribution in [2.45, 2.75) is 155 Å². The van der Waals surface area contributed by atoms with Crippen molar-refractivity contribution in [1.29, 1.82) is 0 Å². The van der Waals surface area contributed by atoms with Crippen LogP contribution in [0.25, 0.3) is 0 Å². The van der Waals surface area contributed by atoms with Crippen LogP contribution in [0.2, 0.25) is 0 Å². The number of unbranched alkanes of at least 4 members (excludes halogenated alkanes) is 12. The molecule has 1 aliphatic rings. The zero-order valence-corrected chi connectivity index (χ0v) is 29.1. The van der Waals surface area contributed by atoms with E-state index in [4.69, 9.17) is 28.4 Å². The molecule has 1 heterocycles. The predicted octanol–water partition coefficient (Wildman–Crippen LogP) is 6.69. The highest BCUT2D eigenvalue weighted by atomic mass is 16.7. The third-order valence-electron chi connectivity index (χ3n) is 8.00. The smallest absolute Gasteiger partial charge is 0.303 e. The van der Waals surface area contributed by atoms with Gasteiger partial charge in [0.1, 0.15) is 18.5 Å². The van der Waals surface area contributed by atoms with Crippen LogP contribution < -0.4 is 4.74 Å². The number of ether oxygens (including phenoxy) is 6. The van der Waals surface area contributed by atoms with Crippen LogP contribution in [0, 0.1) is 10.1 Å². The number of nitro groups is 1. The quantitative estimate of drug-likeness (QED) is 0.0419. The van der Waals surface area contributed by atoms with Gasteiger partial charge in [0.2, 0.25) is 12.4 Å². The van der Waals surface area contributed by atoms with Gasteiger partial charge in [-0.15, -0.1) is 0 Å². The van der Waals surface area contributed by atoms with Gasteiger partial charge >= 0.3 is 23.9 Å². The van der Waals surface area contributed by atoms with Crippen molar-refractivity contribution in [3.63, 3.8) is 0 Å². The van der Waals surface area contributed by atoms with Gasteiger partial charge in [-0.05, 0) is 25.0 Å². The van der Waals surface area contributed by atoms with Crippen LogP contribution in [-0.2, 0) is 49.3 Å². The molecule has 1 aromatic carbocycles. The second kappa shape index (κ2) is 22.0. The minimum atomic E-state index is -1.43. The number of carbonyl (C=O) groups is 4. The van der Waals surface area contributed by atoms with E-state index in [1.165, 1.54) is 82.9 Å². The third-order valence-corrected chi connectivity index (χ3v) is 8.00. The molecule has 0 spiro atoms. The Hall–Kier alpha value is -3.74. The number of hydrogen-bond donors (Lipinski definition) is 0. The first-order valence-electron chi connectivity index (χ1n) is 17.2. The summed E-state index contributed by atoms with van der Waals surface area (Å²) in [6.07, 6.45) is 9.12. The summed E-state index contributed by atoms with van der Waals surface area (Å²) in [5.74, 6) is -2.75.